The van der Waals surface area contributed by atoms with Crippen molar-refractivity contribution in [2.75, 3.05) is 13.1 Å². The summed E-state index contributed by atoms with van der Waals surface area (Å²) in [6, 6.07) is 7.54. The molecule has 104 valence electrons. The largest absolute Gasteiger partial charge is 0.335 e. The van der Waals surface area contributed by atoms with Crippen LogP contribution in [0.5, 0.6) is 0 Å². The van der Waals surface area contributed by atoms with Crippen LogP contribution < -0.4 is 0 Å². The Morgan fingerprint density at radius 2 is 2.00 bits per heavy atom. The Bertz CT molecular complexity index is 667. The molecule has 0 fully saturated rings. The standard InChI is InChI=1S/C16H17ClN2O/c1-4-19(10-11(2)3)16(20)14-9-18-15(17)13-8-6-5-7-12(13)14/h5-9H,2,4,10H2,1,3H3. The lowest BCUT2D eigenvalue weighted by molar-refractivity contribution is 0.0780. The van der Waals surface area contributed by atoms with E-state index in [4.69, 9.17) is 11.6 Å². The molecule has 0 spiro atoms. The molecular weight excluding hydrogens is 272 g/mol. The first kappa shape index (κ1) is 14.5. The number of rotatable bonds is 4. The van der Waals surface area contributed by atoms with Crippen molar-refractivity contribution >= 4 is 28.3 Å². The molecule has 1 aromatic heterocycles. The zero-order valence-corrected chi connectivity index (χ0v) is 12.4. The van der Waals surface area contributed by atoms with Crippen LogP contribution in [0.2, 0.25) is 5.15 Å². The van der Waals surface area contributed by atoms with Crippen LogP contribution in [0, 0.1) is 0 Å². The summed E-state index contributed by atoms with van der Waals surface area (Å²) in [6.45, 7) is 8.90. The molecule has 2 aromatic rings. The van der Waals surface area contributed by atoms with E-state index >= 15 is 0 Å². The first-order chi connectivity index (χ1) is 9.54. The van der Waals surface area contributed by atoms with Crippen molar-refractivity contribution in [1.29, 1.82) is 0 Å². The van der Waals surface area contributed by atoms with Crippen LogP contribution >= 0.6 is 11.6 Å². The number of pyridine rings is 1. The first-order valence-electron chi connectivity index (χ1n) is 6.51. The van der Waals surface area contributed by atoms with Crippen molar-refractivity contribution in [3.05, 3.63) is 53.3 Å². The molecule has 0 radical (unpaired) electrons. The van der Waals surface area contributed by atoms with Crippen LogP contribution in [0.4, 0.5) is 0 Å². The molecule has 4 heteroatoms. The maximum atomic E-state index is 12.6. The number of aromatic nitrogens is 1. The third kappa shape index (κ3) is 2.83. The highest BCUT2D eigenvalue weighted by Crippen LogP contribution is 2.25. The third-order valence-corrected chi connectivity index (χ3v) is 3.41. The van der Waals surface area contributed by atoms with Gasteiger partial charge in [0.1, 0.15) is 5.15 Å². The molecule has 0 N–H and O–H groups in total. The molecule has 0 saturated carbocycles. The Morgan fingerprint density at radius 3 is 2.60 bits per heavy atom. The molecule has 1 amide bonds. The summed E-state index contributed by atoms with van der Waals surface area (Å²) in [5.74, 6) is -0.0455. The molecule has 0 aliphatic rings. The molecular formula is C16H17ClN2O. The lowest BCUT2D eigenvalue weighted by Gasteiger charge is -2.21. The van der Waals surface area contributed by atoms with E-state index in [0.717, 1.165) is 16.3 Å². The fraction of sp³-hybridized carbons (Fsp3) is 0.250. The van der Waals surface area contributed by atoms with E-state index < -0.39 is 0 Å². The van der Waals surface area contributed by atoms with Gasteiger partial charge in [-0.15, -0.1) is 0 Å². The van der Waals surface area contributed by atoms with Crippen molar-refractivity contribution in [2.45, 2.75) is 13.8 Å². The Kier molecular flexibility index (Phi) is 4.40. The first-order valence-corrected chi connectivity index (χ1v) is 6.89. The minimum absolute atomic E-state index is 0.0455. The van der Waals surface area contributed by atoms with E-state index in [0.29, 0.717) is 23.8 Å². The summed E-state index contributed by atoms with van der Waals surface area (Å²) in [6.07, 6.45) is 1.55. The van der Waals surface area contributed by atoms with Gasteiger partial charge in [-0.05, 0) is 19.2 Å². The second-order valence-electron chi connectivity index (χ2n) is 4.78. The Labute approximate surface area is 123 Å². The van der Waals surface area contributed by atoms with Crippen molar-refractivity contribution in [3.8, 4) is 0 Å². The van der Waals surface area contributed by atoms with E-state index in [9.17, 15) is 4.79 Å². The third-order valence-electron chi connectivity index (χ3n) is 3.11. The highest BCUT2D eigenvalue weighted by atomic mass is 35.5. The maximum Gasteiger partial charge on any atom is 0.256 e. The highest BCUT2D eigenvalue weighted by molar-refractivity contribution is 6.34. The van der Waals surface area contributed by atoms with Crippen LogP contribution in [0.1, 0.15) is 24.2 Å². The fourth-order valence-corrected chi connectivity index (χ4v) is 2.37. The number of carbonyl (C=O) groups excluding carboxylic acids is 1. The second-order valence-corrected chi connectivity index (χ2v) is 5.14. The number of halogens is 1. The van der Waals surface area contributed by atoms with Crippen molar-refractivity contribution < 1.29 is 4.79 Å². The summed E-state index contributed by atoms with van der Waals surface area (Å²) < 4.78 is 0. The number of likely N-dealkylation sites (N-methyl/N-ethyl adjacent to an activating group) is 1. The Morgan fingerprint density at radius 1 is 1.35 bits per heavy atom. The van der Waals surface area contributed by atoms with Gasteiger partial charge in [-0.1, -0.05) is 48.0 Å². The lowest BCUT2D eigenvalue weighted by atomic mass is 10.1. The number of hydrogen-bond acceptors (Lipinski definition) is 2. The maximum absolute atomic E-state index is 12.6. The monoisotopic (exact) mass is 288 g/mol. The SMILES string of the molecule is C=C(C)CN(CC)C(=O)c1cnc(Cl)c2ccccc12. The number of hydrogen-bond donors (Lipinski definition) is 0. The molecule has 0 aliphatic heterocycles. The zero-order valence-electron chi connectivity index (χ0n) is 11.7. The molecule has 0 saturated heterocycles. The van der Waals surface area contributed by atoms with Gasteiger partial charge in [0.05, 0.1) is 5.56 Å². The van der Waals surface area contributed by atoms with E-state index in [1.165, 1.54) is 0 Å². The van der Waals surface area contributed by atoms with Gasteiger partial charge in [-0.2, -0.15) is 0 Å². The van der Waals surface area contributed by atoms with Crippen LogP contribution in [0.15, 0.2) is 42.6 Å². The van der Waals surface area contributed by atoms with Gasteiger partial charge in [-0.25, -0.2) is 4.98 Å². The van der Waals surface area contributed by atoms with Gasteiger partial charge >= 0.3 is 0 Å². The average molecular weight is 289 g/mol. The van der Waals surface area contributed by atoms with Gasteiger partial charge in [0.15, 0.2) is 0 Å². The van der Waals surface area contributed by atoms with Gasteiger partial charge in [0, 0.05) is 24.7 Å². The van der Waals surface area contributed by atoms with E-state index in [-0.39, 0.29) is 5.91 Å². The van der Waals surface area contributed by atoms with Gasteiger partial charge < -0.3 is 4.90 Å². The molecule has 0 aliphatic carbocycles. The number of benzene rings is 1. The van der Waals surface area contributed by atoms with E-state index in [1.807, 2.05) is 38.1 Å². The second kappa shape index (κ2) is 6.06. The fourth-order valence-electron chi connectivity index (χ4n) is 2.15. The van der Waals surface area contributed by atoms with Gasteiger partial charge in [-0.3, -0.25) is 4.79 Å². The molecule has 3 nitrogen and oxygen atoms in total. The number of carbonyl (C=O) groups is 1. The molecule has 2 rings (SSSR count). The predicted molar refractivity (Wildman–Crippen MR) is 83.1 cm³/mol. The normalized spacial score (nSPS) is 10.6. The summed E-state index contributed by atoms with van der Waals surface area (Å²) in [4.78, 5) is 18.5. The van der Waals surface area contributed by atoms with Crippen molar-refractivity contribution in [3.63, 3.8) is 0 Å². The van der Waals surface area contributed by atoms with E-state index in [2.05, 4.69) is 11.6 Å². The van der Waals surface area contributed by atoms with Crippen molar-refractivity contribution in [2.24, 2.45) is 0 Å². The van der Waals surface area contributed by atoms with E-state index in [1.54, 1.807) is 11.1 Å². The van der Waals surface area contributed by atoms with Crippen LogP contribution in [0.3, 0.4) is 0 Å². The minimum Gasteiger partial charge on any atom is -0.335 e. The molecule has 0 unspecified atom stereocenters. The Balaban J connectivity index is 2.49. The Hall–Kier alpha value is -1.87. The lowest BCUT2D eigenvalue weighted by Crippen LogP contribution is -2.32. The molecule has 0 atom stereocenters. The summed E-state index contributed by atoms with van der Waals surface area (Å²) >= 11 is 6.08. The minimum atomic E-state index is -0.0455. The van der Waals surface area contributed by atoms with Crippen LogP contribution in [-0.4, -0.2) is 28.9 Å². The van der Waals surface area contributed by atoms with Crippen LogP contribution in [-0.2, 0) is 0 Å². The van der Waals surface area contributed by atoms with Gasteiger partial charge in [0.2, 0.25) is 0 Å². The molecule has 1 heterocycles. The molecule has 1 aromatic carbocycles. The number of fused-ring (bicyclic) bond motifs is 1. The summed E-state index contributed by atoms with van der Waals surface area (Å²) in [7, 11) is 0. The molecule has 0 bridgehead atoms. The number of amides is 1. The van der Waals surface area contributed by atoms with Crippen LogP contribution in [0.25, 0.3) is 10.8 Å². The predicted octanol–water partition coefficient (Wildman–Crippen LogP) is 3.93. The summed E-state index contributed by atoms with van der Waals surface area (Å²) in [5, 5.41) is 2.05. The van der Waals surface area contributed by atoms with Crippen molar-refractivity contribution in [1.82, 2.24) is 9.88 Å². The summed E-state index contributed by atoms with van der Waals surface area (Å²) in [5.41, 5.74) is 1.53. The topological polar surface area (TPSA) is 33.2 Å². The zero-order chi connectivity index (χ0) is 14.7. The molecule has 20 heavy (non-hydrogen) atoms. The number of nitrogens with zero attached hydrogens (tertiary/aromatic N) is 2. The quantitative estimate of drug-likeness (QED) is 0.631. The average Bonchev–Trinajstić information content (AvgIpc) is 2.44. The highest BCUT2D eigenvalue weighted by Gasteiger charge is 2.18. The smallest absolute Gasteiger partial charge is 0.256 e. The van der Waals surface area contributed by atoms with Gasteiger partial charge in [0.25, 0.3) is 5.91 Å².